The van der Waals surface area contributed by atoms with Crippen molar-refractivity contribution in [2.75, 3.05) is 11.6 Å². The molecule has 0 spiro atoms. The smallest absolute Gasteiger partial charge is 0.259 e. The van der Waals surface area contributed by atoms with Gasteiger partial charge in [0.05, 0.1) is 24.7 Å². The van der Waals surface area contributed by atoms with Crippen LogP contribution >= 0.6 is 0 Å². The Hall–Kier alpha value is -3.77. The highest BCUT2D eigenvalue weighted by atomic mass is 16.1. The van der Waals surface area contributed by atoms with Crippen LogP contribution < -0.4 is 10.5 Å². The van der Waals surface area contributed by atoms with Gasteiger partial charge < -0.3 is 0 Å². The highest BCUT2D eigenvalue weighted by molar-refractivity contribution is 5.59. The highest BCUT2D eigenvalue weighted by Gasteiger charge is 2.28. The minimum atomic E-state index is 0.0206. The molecule has 0 radical (unpaired) electrons. The van der Waals surface area contributed by atoms with E-state index in [0.717, 1.165) is 34.6 Å². The van der Waals surface area contributed by atoms with Crippen molar-refractivity contribution in [1.82, 2.24) is 19.4 Å². The normalized spacial score (nSPS) is 13.6. The van der Waals surface area contributed by atoms with Crippen molar-refractivity contribution >= 4 is 11.6 Å². The molecular formula is C28H29N5O. The van der Waals surface area contributed by atoms with E-state index in [0.29, 0.717) is 32.3 Å². The van der Waals surface area contributed by atoms with Crippen LogP contribution in [-0.2, 0) is 26.1 Å². The predicted octanol–water partition coefficient (Wildman–Crippen LogP) is 4.67. The van der Waals surface area contributed by atoms with Gasteiger partial charge in [-0.15, -0.1) is 0 Å². The van der Waals surface area contributed by atoms with Crippen molar-refractivity contribution in [2.24, 2.45) is 0 Å². The van der Waals surface area contributed by atoms with Crippen LogP contribution in [-0.4, -0.2) is 26.1 Å². The lowest BCUT2D eigenvalue weighted by Gasteiger charge is -2.38. The molecule has 0 bridgehead atoms. The number of aryl methyl sites for hydroxylation is 2. The second kappa shape index (κ2) is 9.61. The summed E-state index contributed by atoms with van der Waals surface area (Å²) in [6.45, 7) is 5.85. The van der Waals surface area contributed by atoms with Gasteiger partial charge in [0.2, 0.25) is 5.95 Å². The average Bonchev–Trinajstić information content (AvgIpc) is 2.88. The minimum Gasteiger partial charge on any atom is -0.298 e. The molecule has 4 aromatic rings. The number of rotatable bonds is 6. The van der Waals surface area contributed by atoms with Gasteiger partial charge in [0.15, 0.2) is 0 Å². The van der Waals surface area contributed by atoms with Crippen LogP contribution in [0.15, 0.2) is 83.8 Å². The summed E-state index contributed by atoms with van der Waals surface area (Å²) < 4.78 is 1.81. The lowest BCUT2D eigenvalue weighted by Crippen LogP contribution is -2.47. The molecule has 6 heteroatoms. The quantitative estimate of drug-likeness (QED) is 0.426. The maximum absolute atomic E-state index is 13.8. The first-order valence-electron chi connectivity index (χ1n) is 11.8. The molecule has 172 valence electrons. The Morgan fingerprint density at radius 3 is 2.35 bits per heavy atom. The largest absolute Gasteiger partial charge is 0.298 e. The van der Waals surface area contributed by atoms with E-state index in [2.05, 4.69) is 58.1 Å². The number of hydrogen-bond donors (Lipinski definition) is 0. The number of aromatic nitrogens is 3. The van der Waals surface area contributed by atoms with Crippen molar-refractivity contribution in [3.05, 3.63) is 117 Å². The number of pyridine rings is 1. The standard InChI is InChI=1S/C28H29N5O/c1-3-22-12-14-25(15-13-22)32-19-31(18-24-11-7-8-16-29-24)20-33-27(34)26(21(2)30-28(32)33)17-23-9-5-4-6-10-23/h4-16H,3,17-20H2,1-2H3. The Balaban J connectivity index is 1.57. The van der Waals surface area contributed by atoms with E-state index in [1.807, 2.05) is 54.1 Å². The van der Waals surface area contributed by atoms with Crippen molar-refractivity contribution in [2.45, 2.75) is 39.9 Å². The van der Waals surface area contributed by atoms with Crippen LogP contribution in [0.4, 0.5) is 11.6 Å². The fraction of sp³-hybridized carbons (Fsp3) is 0.250. The first-order valence-corrected chi connectivity index (χ1v) is 11.8. The first kappa shape index (κ1) is 22.0. The zero-order chi connectivity index (χ0) is 23.5. The molecule has 0 fully saturated rings. The van der Waals surface area contributed by atoms with Crippen LogP contribution in [0.25, 0.3) is 0 Å². The molecule has 0 aliphatic carbocycles. The summed E-state index contributed by atoms with van der Waals surface area (Å²) in [7, 11) is 0. The summed E-state index contributed by atoms with van der Waals surface area (Å²) in [5.74, 6) is 0.695. The second-order valence-electron chi connectivity index (χ2n) is 8.75. The van der Waals surface area contributed by atoms with Gasteiger partial charge in [0.1, 0.15) is 0 Å². The molecule has 0 N–H and O–H groups in total. The van der Waals surface area contributed by atoms with Crippen LogP contribution in [0.1, 0.15) is 35.0 Å². The number of fused-ring (bicyclic) bond motifs is 1. The van der Waals surface area contributed by atoms with Crippen LogP contribution in [0, 0.1) is 6.92 Å². The summed E-state index contributed by atoms with van der Waals surface area (Å²) >= 11 is 0. The zero-order valence-electron chi connectivity index (χ0n) is 19.7. The maximum atomic E-state index is 13.8. The van der Waals surface area contributed by atoms with E-state index in [1.54, 1.807) is 0 Å². The van der Waals surface area contributed by atoms with Crippen LogP contribution in [0.5, 0.6) is 0 Å². The van der Waals surface area contributed by atoms with Crippen LogP contribution in [0.3, 0.4) is 0 Å². The van der Waals surface area contributed by atoms with Gasteiger partial charge >= 0.3 is 0 Å². The summed E-state index contributed by atoms with van der Waals surface area (Å²) in [4.78, 5) is 27.6. The molecule has 6 nitrogen and oxygen atoms in total. The monoisotopic (exact) mass is 451 g/mol. The molecule has 0 amide bonds. The second-order valence-corrected chi connectivity index (χ2v) is 8.75. The maximum Gasteiger partial charge on any atom is 0.259 e. The molecule has 0 saturated carbocycles. The Kier molecular flexibility index (Phi) is 6.23. The molecule has 1 aliphatic heterocycles. The summed E-state index contributed by atoms with van der Waals surface area (Å²) in [5, 5.41) is 0. The van der Waals surface area contributed by atoms with E-state index in [4.69, 9.17) is 4.98 Å². The van der Waals surface area contributed by atoms with Crippen molar-refractivity contribution in [1.29, 1.82) is 0 Å². The van der Waals surface area contributed by atoms with Crippen molar-refractivity contribution in [3.8, 4) is 0 Å². The molecule has 2 aromatic heterocycles. The summed E-state index contributed by atoms with van der Waals surface area (Å²) in [5.41, 5.74) is 5.95. The molecule has 5 rings (SSSR count). The first-order chi connectivity index (χ1) is 16.6. The lowest BCUT2D eigenvalue weighted by molar-refractivity contribution is 0.187. The SMILES string of the molecule is CCc1ccc(N2CN(Cc3ccccn3)Cn3c2nc(C)c(Cc2ccccc2)c3=O)cc1. The molecule has 0 atom stereocenters. The Morgan fingerprint density at radius 2 is 1.65 bits per heavy atom. The minimum absolute atomic E-state index is 0.0206. The van der Waals surface area contributed by atoms with Gasteiger partial charge in [-0.2, -0.15) is 0 Å². The number of anilines is 2. The van der Waals surface area contributed by atoms with Gasteiger partial charge in [-0.25, -0.2) is 4.98 Å². The van der Waals surface area contributed by atoms with Gasteiger partial charge in [-0.1, -0.05) is 55.5 Å². The van der Waals surface area contributed by atoms with Gasteiger partial charge in [-0.3, -0.25) is 24.1 Å². The van der Waals surface area contributed by atoms with Crippen LogP contribution in [0.2, 0.25) is 0 Å². The molecule has 2 aromatic carbocycles. The van der Waals surface area contributed by atoms with E-state index in [9.17, 15) is 4.79 Å². The third-order valence-electron chi connectivity index (χ3n) is 6.37. The van der Waals surface area contributed by atoms with Crippen molar-refractivity contribution in [3.63, 3.8) is 0 Å². The van der Waals surface area contributed by atoms with Crippen molar-refractivity contribution < 1.29 is 0 Å². The van der Waals surface area contributed by atoms with E-state index >= 15 is 0 Å². The lowest BCUT2D eigenvalue weighted by atomic mass is 10.1. The molecule has 3 heterocycles. The molecule has 34 heavy (non-hydrogen) atoms. The summed E-state index contributed by atoms with van der Waals surface area (Å²) in [6, 6.07) is 24.6. The van der Waals surface area contributed by atoms with E-state index in [1.165, 1.54) is 5.56 Å². The predicted molar refractivity (Wildman–Crippen MR) is 135 cm³/mol. The third-order valence-corrected chi connectivity index (χ3v) is 6.37. The van der Waals surface area contributed by atoms with E-state index in [-0.39, 0.29) is 5.56 Å². The fourth-order valence-electron chi connectivity index (χ4n) is 4.46. The number of hydrogen-bond acceptors (Lipinski definition) is 5. The molecule has 1 aliphatic rings. The van der Waals surface area contributed by atoms with Gasteiger partial charge in [0, 0.05) is 30.4 Å². The molecule has 0 unspecified atom stereocenters. The highest BCUT2D eigenvalue weighted by Crippen LogP contribution is 2.29. The Labute approximate surface area is 200 Å². The number of benzene rings is 2. The number of nitrogens with zero attached hydrogens (tertiary/aromatic N) is 5. The topological polar surface area (TPSA) is 54.3 Å². The Bertz CT molecular complexity index is 1320. The molecular weight excluding hydrogens is 422 g/mol. The zero-order valence-corrected chi connectivity index (χ0v) is 19.7. The molecule has 0 saturated heterocycles. The summed E-state index contributed by atoms with van der Waals surface area (Å²) in [6.07, 6.45) is 3.37. The average molecular weight is 452 g/mol. The van der Waals surface area contributed by atoms with Gasteiger partial charge in [-0.05, 0) is 48.7 Å². The Morgan fingerprint density at radius 1 is 0.882 bits per heavy atom. The third kappa shape index (κ3) is 4.50. The van der Waals surface area contributed by atoms with E-state index < -0.39 is 0 Å². The van der Waals surface area contributed by atoms with Gasteiger partial charge in [0.25, 0.3) is 5.56 Å². The fourth-order valence-corrected chi connectivity index (χ4v) is 4.46.